The number of anilines is 1. The van der Waals surface area contributed by atoms with Crippen molar-refractivity contribution in [3.05, 3.63) is 76.7 Å². The Morgan fingerprint density at radius 3 is 2.63 bits per heavy atom. The highest BCUT2D eigenvalue weighted by atomic mass is 32.1. The van der Waals surface area contributed by atoms with Gasteiger partial charge in [0.1, 0.15) is 5.75 Å². The Morgan fingerprint density at radius 2 is 2.00 bits per heavy atom. The number of pyridine rings is 1. The van der Waals surface area contributed by atoms with Crippen molar-refractivity contribution in [1.29, 1.82) is 0 Å². The van der Waals surface area contributed by atoms with Crippen LogP contribution in [0.15, 0.2) is 66.3 Å². The minimum atomic E-state index is -0.184. The van der Waals surface area contributed by atoms with Gasteiger partial charge in [0.15, 0.2) is 17.4 Å². The van der Waals surface area contributed by atoms with E-state index in [1.807, 2.05) is 35.7 Å². The van der Waals surface area contributed by atoms with Crippen LogP contribution in [0.5, 0.6) is 5.75 Å². The van der Waals surface area contributed by atoms with E-state index in [2.05, 4.69) is 5.32 Å². The summed E-state index contributed by atoms with van der Waals surface area (Å²) in [6.07, 6.45) is 3.44. The van der Waals surface area contributed by atoms with E-state index in [4.69, 9.17) is 17.0 Å². The zero-order chi connectivity index (χ0) is 19.2. The van der Waals surface area contributed by atoms with E-state index in [1.165, 1.54) is 11.3 Å². The van der Waals surface area contributed by atoms with Crippen LogP contribution in [-0.2, 0) is 6.61 Å². The number of rotatable bonds is 6. The third-order valence-electron chi connectivity index (χ3n) is 3.83. The molecule has 0 spiro atoms. The van der Waals surface area contributed by atoms with Crippen LogP contribution in [-0.4, -0.2) is 17.2 Å². The van der Waals surface area contributed by atoms with Gasteiger partial charge in [-0.3, -0.25) is 0 Å². The molecule has 0 fully saturated rings. The maximum absolute atomic E-state index is 13.1. The van der Waals surface area contributed by atoms with Crippen LogP contribution in [0.2, 0.25) is 0 Å². The van der Waals surface area contributed by atoms with Gasteiger partial charge >= 0.3 is 0 Å². The number of aliphatic hydroxyl groups is 1. The van der Waals surface area contributed by atoms with E-state index in [9.17, 15) is 10.2 Å². The summed E-state index contributed by atoms with van der Waals surface area (Å²) in [5.41, 5.74) is 1.75. The molecule has 0 bridgehead atoms. The molecule has 3 aromatic rings. The lowest BCUT2D eigenvalue weighted by molar-refractivity contribution is -0.578. The number of aromatic nitrogens is 1. The first kappa shape index (κ1) is 19.0. The molecule has 1 aromatic carbocycles. The van der Waals surface area contributed by atoms with E-state index in [0.29, 0.717) is 21.1 Å². The number of thiophene rings is 1. The number of aliphatic hydroxyl groups excluding tert-OH is 1. The van der Waals surface area contributed by atoms with Crippen molar-refractivity contribution >= 4 is 45.7 Å². The van der Waals surface area contributed by atoms with Gasteiger partial charge < -0.3 is 20.3 Å². The highest BCUT2D eigenvalue weighted by Gasteiger charge is 2.20. The van der Waals surface area contributed by atoms with Crippen molar-refractivity contribution in [2.24, 2.45) is 0 Å². The van der Waals surface area contributed by atoms with Crippen molar-refractivity contribution in [2.45, 2.75) is 6.61 Å². The molecule has 2 heterocycles. The highest BCUT2D eigenvalue weighted by molar-refractivity contribution is 7.81. The summed E-state index contributed by atoms with van der Waals surface area (Å²) in [5, 5.41) is 27.5. The molecule has 27 heavy (non-hydrogen) atoms. The molecule has 2 N–H and O–H groups in total. The molecule has 0 unspecified atom stereocenters. The van der Waals surface area contributed by atoms with E-state index in [-0.39, 0.29) is 12.4 Å². The zero-order valence-corrected chi connectivity index (χ0v) is 16.2. The smallest absolute Gasteiger partial charge is 0.239 e. The van der Waals surface area contributed by atoms with Gasteiger partial charge in [-0.05, 0) is 47.5 Å². The standard InChI is InChI=1S/C20H18N2O3S2/c1-25-16-8-6-15(7-9-16)21-20(26)18(19(24)17-5-3-11-27-17)22-10-2-4-14(12-22)13-23/h2-12,23H,13H2,1H3,(H-,21,24,26). The maximum Gasteiger partial charge on any atom is 0.239 e. The van der Waals surface area contributed by atoms with Crippen molar-refractivity contribution in [1.82, 2.24) is 0 Å². The molecule has 138 valence electrons. The van der Waals surface area contributed by atoms with Gasteiger partial charge in [-0.2, -0.15) is 4.57 Å². The van der Waals surface area contributed by atoms with Gasteiger partial charge in [-0.25, -0.2) is 0 Å². The molecule has 0 radical (unpaired) electrons. The summed E-state index contributed by atoms with van der Waals surface area (Å²) in [6.45, 7) is -0.125. The van der Waals surface area contributed by atoms with Crippen molar-refractivity contribution in [3.63, 3.8) is 0 Å². The average molecular weight is 399 g/mol. The van der Waals surface area contributed by atoms with E-state index >= 15 is 0 Å². The Hall–Kier alpha value is -2.74. The number of hydrogen-bond acceptors (Lipinski definition) is 5. The molecule has 7 heteroatoms. The fourth-order valence-electron chi connectivity index (χ4n) is 2.48. The zero-order valence-electron chi connectivity index (χ0n) is 14.6. The molecule has 5 nitrogen and oxygen atoms in total. The van der Waals surface area contributed by atoms with Crippen molar-refractivity contribution < 1.29 is 19.5 Å². The number of nitrogens with one attached hydrogen (secondary N) is 1. The molecule has 0 amide bonds. The second-order valence-corrected chi connectivity index (χ2v) is 6.97. The average Bonchev–Trinajstić information content (AvgIpc) is 3.24. The molecule has 2 aromatic heterocycles. The van der Waals surface area contributed by atoms with Crippen LogP contribution in [0.4, 0.5) is 5.69 Å². The summed E-state index contributed by atoms with van der Waals surface area (Å²) in [6, 6.07) is 14.4. The first-order chi connectivity index (χ1) is 13.1. The Kier molecular flexibility index (Phi) is 6.18. The fourth-order valence-corrected chi connectivity index (χ4v) is 3.46. The Bertz CT molecular complexity index is 952. The molecule has 0 atom stereocenters. The van der Waals surface area contributed by atoms with Gasteiger partial charge in [0, 0.05) is 22.2 Å². The monoisotopic (exact) mass is 398 g/mol. The second kappa shape index (κ2) is 8.77. The Labute approximate surface area is 166 Å². The molecule has 0 aliphatic carbocycles. The number of hydrogen-bond donors (Lipinski definition) is 2. The quantitative estimate of drug-likeness (QED) is 0.289. The summed E-state index contributed by atoms with van der Waals surface area (Å²) in [7, 11) is 1.60. The fraction of sp³-hybridized carbons (Fsp3) is 0.100. The van der Waals surface area contributed by atoms with Gasteiger partial charge in [-0.15, -0.1) is 11.3 Å². The molecular formula is C20H18N2O3S2. The predicted octanol–water partition coefficient (Wildman–Crippen LogP) is 2.66. The molecule has 0 aliphatic heterocycles. The maximum atomic E-state index is 13.1. The minimum absolute atomic E-state index is 0.125. The van der Waals surface area contributed by atoms with Crippen LogP contribution in [0, 0.1) is 0 Å². The predicted molar refractivity (Wildman–Crippen MR) is 109 cm³/mol. The third kappa shape index (κ3) is 4.51. The summed E-state index contributed by atoms with van der Waals surface area (Å²) in [4.78, 5) is 0.879. The number of thiocarbonyl (C=S) groups is 1. The first-order valence-corrected chi connectivity index (χ1v) is 9.43. The lowest BCUT2D eigenvalue weighted by Gasteiger charge is -2.16. The second-order valence-electron chi connectivity index (χ2n) is 5.62. The number of ether oxygens (including phenoxy) is 1. The van der Waals surface area contributed by atoms with Gasteiger partial charge in [0.2, 0.25) is 5.70 Å². The highest BCUT2D eigenvalue weighted by Crippen LogP contribution is 2.22. The number of benzene rings is 1. The van der Waals surface area contributed by atoms with Crippen molar-refractivity contribution in [3.8, 4) is 5.75 Å². The molecule has 0 aliphatic rings. The summed E-state index contributed by atoms with van der Waals surface area (Å²) in [5.74, 6) is 0.548. The summed E-state index contributed by atoms with van der Waals surface area (Å²) >= 11 is 6.91. The van der Waals surface area contributed by atoms with Crippen LogP contribution in [0.3, 0.4) is 0 Å². The Balaban J connectivity index is 2.00. The van der Waals surface area contributed by atoms with Crippen LogP contribution in [0.25, 0.3) is 11.5 Å². The topological polar surface area (TPSA) is 68.4 Å². The Morgan fingerprint density at radius 1 is 1.22 bits per heavy atom. The molecule has 0 saturated carbocycles. The lowest BCUT2D eigenvalue weighted by atomic mass is 10.2. The number of methoxy groups -OCH3 is 1. The SMILES string of the molecule is COc1ccc(NC(=S)C(=C([O-])c2cccs2)[n+]2cccc(CO)c2)cc1. The van der Waals surface area contributed by atoms with Crippen LogP contribution >= 0.6 is 23.6 Å². The van der Waals surface area contributed by atoms with Crippen molar-refractivity contribution in [2.75, 3.05) is 12.4 Å². The summed E-state index contributed by atoms with van der Waals surface area (Å²) < 4.78 is 6.80. The van der Waals surface area contributed by atoms with Gasteiger partial charge in [0.25, 0.3) is 0 Å². The van der Waals surface area contributed by atoms with Crippen LogP contribution in [0.1, 0.15) is 10.4 Å². The molecular weight excluding hydrogens is 380 g/mol. The minimum Gasteiger partial charge on any atom is -0.867 e. The third-order valence-corrected chi connectivity index (χ3v) is 4.99. The van der Waals surface area contributed by atoms with E-state index in [0.717, 1.165) is 11.4 Å². The molecule has 3 rings (SSSR count). The van der Waals surface area contributed by atoms with E-state index < -0.39 is 0 Å². The number of nitrogens with zero attached hydrogens (tertiary/aromatic N) is 1. The van der Waals surface area contributed by atoms with Gasteiger partial charge in [0.05, 0.1) is 13.7 Å². The largest absolute Gasteiger partial charge is 0.867 e. The lowest BCUT2D eigenvalue weighted by Crippen LogP contribution is -2.40. The van der Waals surface area contributed by atoms with E-state index in [1.54, 1.807) is 42.3 Å². The normalized spacial score (nSPS) is 11.6. The van der Waals surface area contributed by atoms with Crippen LogP contribution < -0.4 is 19.7 Å². The molecule has 0 saturated heterocycles. The van der Waals surface area contributed by atoms with Gasteiger partial charge in [-0.1, -0.05) is 18.3 Å². The first-order valence-electron chi connectivity index (χ1n) is 8.14.